The highest BCUT2D eigenvalue weighted by Gasteiger charge is 2.31. The molecular weight excluding hydrogens is 334 g/mol. The largest absolute Gasteiger partial charge is 0.293 e. The van der Waals surface area contributed by atoms with Crippen molar-refractivity contribution in [3.05, 3.63) is 70.7 Å². The average molecular weight is 348 g/mol. The van der Waals surface area contributed by atoms with E-state index in [4.69, 9.17) is 23.8 Å². The normalized spacial score (nSPS) is 18.6. The Morgan fingerprint density at radius 1 is 1.14 bits per heavy atom. The Hall–Kier alpha value is -1.36. The maximum atomic E-state index is 12.5. The fraction of sp³-hybridized carbons (Fsp3) is 0.176. The highest BCUT2D eigenvalue weighted by atomic mass is 35.5. The van der Waals surface area contributed by atoms with Gasteiger partial charge in [-0.3, -0.25) is 9.69 Å². The Morgan fingerprint density at radius 2 is 1.82 bits per heavy atom. The van der Waals surface area contributed by atoms with E-state index in [1.54, 1.807) is 16.7 Å². The third-order valence-electron chi connectivity index (χ3n) is 3.55. The van der Waals surface area contributed by atoms with Gasteiger partial charge in [-0.2, -0.15) is 0 Å². The fourth-order valence-electron chi connectivity index (χ4n) is 2.38. The van der Waals surface area contributed by atoms with Crippen molar-refractivity contribution >= 4 is 45.8 Å². The molecule has 1 atom stereocenters. The number of nitrogens with zero attached hydrogens (tertiary/aromatic N) is 1. The van der Waals surface area contributed by atoms with Gasteiger partial charge in [-0.05, 0) is 23.3 Å². The number of amides is 1. The molecule has 1 fully saturated rings. The first kappa shape index (κ1) is 15.5. The van der Waals surface area contributed by atoms with E-state index in [2.05, 4.69) is 0 Å². The van der Waals surface area contributed by atoms with Gasteiger partial charge in [-0.15, -0.1) is 0 Å². The molecule has 1 saturated heterocycles. The van der Waals surface area contributed by atoms with E-state index in [-0.39, 0.29) is 11.2 Å². The van der Waals surface area contributed by atoms with Crippen molar-refractivity contribution in [1.29, 1.82) is 0 Å². The lowest BCUT2D eigenvalue weighted by molar-refractivity contribution is -0.127. The lowest BCUT2D eigenvalue weighted by Crippen LogP contribution is -2.38. The minimum Gasteiger partial charge on any atom is -0.293 e. The Bertz CT molecular complexity index is 670. The second kappa shape index (κ2) is 6.82. The van der Waals surface area contributed by atoms with E-state index in [1.807, 2.05) is 54.6 Å². The predicted molar refractivity (Wildman–Crippen MR) is 96.0 cm³/mol. The first-order valence-electron chi connectivity index (χ1n) is 6.94. The molecule has 0 radical (unpaired) electrons. The van der Waals surface area contributed by atoms with Crippen LogP contribution in [0, 0.1) is 0 Å². The molecule has 112 valence electrons. The standard InChI is InChI=1S/C17H14ClNOS2/c18-14-8-6-12(7-9-14)11-19-16(20)10-15(22-17(19)21)13-4-2-1-3-5-13/h1-9,15H,10-11H2. The Kier molecular flexibility index (Phi) is 4.81. The number of carbonyl (C=O) groups is 1. The average Bonchev–Trinajstić information content (AvgIpc) is 2.53. The fourth-order valence-corrected chi connectivity index (χ4v) is 4.07. The van der Waals surface area contributed by atoms with Crippen LogP contribution in [0.2, 0.25) is 5.02 Å². The Morgan fingerprint density at radius 3 is 2.45 bits per heavy atom. The molecule has 0 N–H and O–H groups in total. The van der Waals surface area contributed by atoms with Crippen LogP contribution in [-0.2, 0) is 11.3 Å². The van der Waals surface area contributed by atoms with Gasteiger partial charge < -0.3 is 0 Å². The van der Waals surface area contributed by atoms with Gasteiger partial charge in [0.2, 0.25) is 5.91 Å². The summed E-state index contributed by atoms with van der Waals surface area (Å²) in [5, 5.41) is 0.803. The molecule has 1 heterocycles. The van der Waals surface area contributed by atoms with Gasteiger partial charge in [0.05, 0.1) is 6.54 Å². The van der Waals surface area contributed by atoms with Crippen LogP contribution in [0.3, 0.4) is 0 Å². The van der Waals surface area contributed by atoms with Gasteiger partial charge in [0.25, 0.3) is 0 Å². The van der Waals surface area contributed by atoms with Crippen LogP contribution in [0.4, 0.5) is 0 Å². The van der Waals surface area contributed by atoms with Crippen LogP contribution in [0.15, 0.2) is 54.6 Å². The molecule has 2 aromatic rings. The van der Waals surface area contributed by atoms with E-state index < -0.39 is 0 Å². The van der Waals surface area contributed by atoms with Crippen LogP contribution < -0.4 is 0 Å². The highest BCUT2D eigenvalue weighted by Crippen LogP contribution is 2.39. The summed E-state index contributed by atoms with van der Waals surface area (Å²) < 4.78 is 0.639. The monoisotopic (exact) mass is 347 g/mol. The van der Waals surface area contributed by atoms with Crippen molar-refractivity contribution in [2.24, 2.45) is 0 Å². The number of thioether (sulfide) groups is 1. The number of thiocarbonyl (C=S) groups is 1. The van der Waals surface area contributed by atoms with Crippen molar-refractivity contribution in [1.82, 2.24) is 4.90 Å². The highest BCUT2D eigenvalue weighted by molar-refractivity contribution is 8.23. The second-order valence-corrected chi connectivity index (χ2v) is 7.37. The molecule has 1 amide bonds. The maximum absolute atomic E-state index is 12.5. The maximum Gasteiger partial charge on any atom is 0.229 e. The van der Waals surface area contributed by atoms with E-state index in [1.165, 1.54) is 0 Å². The molecule has 0 aromatic heterocycles. The second-order valence-electron chi connectivity index (χ2n) is 5.09. The number of halogens is 1. The summed E-state index contributed by atoms with van der Waals surface area (Å²) in [5.41, 5.74) is 2.17. The summed E-state index contributed by atoms with van der Waals surface area (Å²) in [7, 11) is 0. The summed E-state index contributed by atoms with van der Waals surface area (Å²) >= 11 is 12.9. The van der Waals surface area contributed by atoms with Crippen LogP contribution in [0.1, 0.15) is 22.8 Å². The van der Waals surface area contributed by atoms with E-state index in [9.17, 15) is 4.79 Å². The van der Waals surface area contributed by atoms with Gasteiger partial charge >= 0.3 is 0 Å². The number of hydrogen-bond donors (Lipinski definition) is 0. The summed E-state index contributed by atoms with van der Waals surface area (Å²) in [4.78, 5) is 14.1. The smallest absolute Gasteiger partial charge is 0.229 e. The molecule has 0 bridgehead atoms. The van der Waals surface area contributed by atoms with Gasteiger partial charge in [0.1, 0.15) is 4.32 Å². The molecule has 5 heteroatoms. The number of benzene rings is 2. The zero-order valence-corrected chi connectivity index (χ0v) is 14.1. The van der Waals surface area contributed by atoms with Crippen molar-refractivity contribution in [3.63, 3.8) is 0 Å². The van der Waals surface area contributed by atoms with Crippen molar-refractivity contribution in [2.75, 3.05) is 0 Å². The summed E-state index contributed by atoms with van der Waals surface area (Å²) in [6, 6.07) is 17.5. The predicted octanol–water partition coefficient (Wildman–Crippen LogP) is 4.83. The zero-order chi connectivity index (χ0) is 15.5. The van der Waals surface area contributed by atoms with Gasteiger partial charge in [0, 0.05) is 16.7 Å². The minimum absolute atomic E-state index is 0.0764. The minimum atomic E-state index is 0.0764. The molecule has 3 rings (SSSR count). The molecule has 1 aliphatic heterocycles. The van der Waals surface area contributed by atoms with E-state index in [0.717, 1.165) is 11.1 Å². The summed E-state index contributed by atoms with van der Waals surface area (Å²) in [6.45, 7) is 0.503. The van der Waals surface area contributed by atoms with Crippen LogP contribution in [-0.4, -0.2) is 15.1 Å². The first-order chi connectivity index (χ1) is 10.6. The topological polar surface area (TPSA) is 20.3 Å². The van der Waals surface area contributed by atoms with Crippen molar-refractivity contribution < 1.29 is 4.79 Å². The van der Waals surface area contributed by atoms with Gasteiger partial charge in [-0.1, -0.05) is 78.0 Å². The summed E-state index contributed by atoms with van der Waals surface area (Å²) in [6.07, 6.45) is 0.475. The number of rotatable bonds is 3. The summed E-state index contributed by atoms with van der Waals surface area (Å²) in [5.74, 6) is 0.0764. The van der Waals surface area contributed by atoms with Crippen molar-refractivity contribution in [3.8, 4) is 0 Å². The zero-order valence-electron chi connectivity index (χ0n) is 11.7. The quantitative estimate of drug-likeness (QED) is 0.741. The Labute approximate surface area is 144 Å². The van der Waals surface area contributed by atoms with Crippen LogP contribution >= 0.6 is 35.6 Å². The molecule has 2 aromatic carbocycles. The molecule has 0 spiro atoms. The molecule has 2 nitrogen and oxygen atoms in total. The third-order valence-corrected chi connectivity index (χ3v) is 5.46. The molecule has 22 heavy (non-hydrogen) atoms. The lowest BCUT2D eigenvalue weighted by atomic mass is 10.1. The first-order valence-corrected chi connectivity index (χ1v) is 8.60. The van der Waals surface area contributed by atoms with Crippen LogP contribution in [0.5, 0.6) is 0 Å². The van der Waals surface area contributed by atoms with Gasteiger partial charge in [-0.25, -0.2) is 0 Å². The lowest BCUT2D eigenvalue weighted by Gasteiger charge is -2.31. The molecule has 0 saturated carbocycles. The number of hydrogen-bond acceptors (Lipinski definition) is 3. The molecule has 0 aliphatic carbocycles. The number of carbonyl (C=O) groups excluding carboxylic acids is 1. The van der Waals surface area contributed by atoms with Gasteiger partial charge in [0.15, 0.2) is 0 Å². The van der Waals surface area contributed by atoms with Crippen LogP contribution in [0.25, 0.3) is 0 Å². The van der Waals surface area contributed by atoms with E-state index in [0.29, 0.717) is 22.3 Å². The van der Waals surface area contributed by atoms with Crippen molar-refractivity contribution in [2.45, 2.75) is 18.2 Å². The molecular formula is C17H14ClNOS2. The molecule has 1 unspecified atom stereocenters. The SMILES string of the molecule is O=C1CC(c2ccccc2)SC(=S)N1Cc1ccc(Cl)cc1. The van der Waals surface area contributed by atoms with E-state index >= 15 is 0 Å². The third kappa shape index (κ3) is 3.51. The Balaban J connectivity index is 1.72. The molecule has 1 aliphatic rings.